The van der Waals surface area contributed by atoms with Crippen molar-refractivity contribution in [3.8, 4) is 5.75 Å². The van der Waals surface area contributed by atoms with E-state index in [4.69, 9.17) is 4.74 Å². The maximum Gasteiger partial charge on any atom is 0.184 e. The molecule has 0 aliphatic heterocycles. The zero-order valence-electron chi connectivity index (χ0n) is 10.0. The summed E-state index contributed by atoms with van der Waals surface area (Å²) in [6.07, 6.45) is 3.54. The van der Waals surface area contributed by atoms with Gasteiger partial charge in [0.05, 0.1) is 6.61 Å². The van der Waals surface area contributed by atoms with E-state index in [1.165, 1.54) is 0 Å². The van der Waals surface area contributed by atoms with Gasteiger partial charge in [0.25, 0.3) is 0 Å². The van der Waals surface area contributed by atoms with Crippen LogP contribution in [0.3, 0.4) is 0 Å². The molecular weight excluding hydrogens is 212 g/mol. The van der Waals surface area contributed by atoms with Crippen molar-refractivity contribution in [3.63, 3.8) is 0 Å². The molecular formula is C15H16O2. The molecule has 0 unspecified atom stereocenters. The normalized spacial score (nSPS) is 17.8. The van der Waals surface area contributed by atoms with Crippen LogP contribution in [0.4, 0.5) is 0 Å². The molecule has 17 heavy (non-hydrogen) atoms. The standard InChI is InChI=1S/C15H16O2/c1-3-17-14-8-5-12(6-9-14)10-13-7-4-11(2)15(13)16/h5-6,8-10H,2-4,7H2,1H3/b13-10+. The number of allylic oxidation sites excluding steroid dienone is 2. The lowest BCUT2D eigenvalue weighted by atomic mass is 10.1. The van der Waals surface area contributed by atoms with E-state index in [2.05, 4.69) is 6.58 Å². The van der Waals surface area contributed by atoms with E-state index >= 15 is 0 Å². The number of ketones is 1. The number of carbonyl (C=O) groups is 1. The monoisotopic (exact) mass is 228 g/mol. The summed E-state index contributed by atoms with van der Waals surface area (Å²) in [6.45, 7) is 6.38. The van der Waals surface area contributed by atoms with Crippen LogP contribution in [0.15, 0.2) is 42.0 Å². The van der Waals surface area contributed by atoms with Crippen molar-refractivity contribution in [2.75, 3.05) is 6.61 Å². The van der Waals surface area contributed by atoms with E-state index in [-0.39, 0.29) is 5.78 Å². The molecule has 1 saturated carbocycles. The number of hydrogen-bond acceptors (Lipinski definition) is 2. The summed E-state index contributed by atoms with van der Waals surface area (Å²) in [4.78, 5) is 11.7. The minimum absolute atomic E-state index is 0.110. The second kappa shape index (κ2) is 5.00. The first-order chi connectivity index (χ1) is 8.20. The fraction of sp³-hybridized carbons (Fsp3) is 0.267. The summed E-state index contributed by atoms with van der Waals surface area (Å²) in [5, 5.41) is 0. The Labute approximate surface area is 102 Å². The second-order valence-electron chi connectivity index (χ2n) is 4.10. The van der Waals surface area contributed by atoms with Crippen LogP contribution in [0.25, 0.3) is 6.08 Å². The quantitative estimate of drug-likeness (QED) is 0.741. The molecule has 2 nitrogen and oxygen atoms in total. The molecule has 1 aromatic carbocycles. The van der Waals surface area contributed by atoms with Gasteiger partial charge in [-0.1, -0.05) is 18.7 Å². The summed E-state index contributed by atoms with van der Waals surface area (Å²) in [5.74, 6) is 0.968. The number of hydrogen-bond donors (Lipinski definition) is 0. The van der Waals surface area contributed by atoms with Crippen molar-refractivity contribution in [2.24, 2.45) is 0 Å². The molecule has 0 heterocycles. The molecule has 0 atom stereocenters. The zero-order chi connectivity index (χ0) is 12.3. The van der Waals surface area contributed by atoms with E-state index in [1.807, 2.05) is 37.3 Å². The third-order valence-corrected chi connectivity index (χ3v) is 2.84. The Kier molecular flexibility index (Phi) is 3.43. The summed E-state index contributed by atoms with van der Waals surface area (Å²) in [7, 11) is 0. The average molecular weight is 228 g/mol. The molecule has 88 valence electrons. The highest BCUT2D eigenvalue weighted by molar-refractivity contribution is 6.12. The smallest absolute Gasteiger partial charge is 0.184 e. The number of carbonyl (C=O) groups excluding carboxylic acids is 1. The molecule has 0 bridgehead atoms. The van der Waals surface area contributed by atoms with Crippen molar-refractivity contribution in [1.29, 1.82) is 0 Å². The predicted molar refractivity (Wildman–Crippen MR) is 69.0 cm³/mol. The molecule has 0 saturated heterocycles. The molecule has 0 aromatic heterocycles. The first-order valence-corrected chi connectivity index (χ1v) is 5.86. The van der Waals surface area contributed by atoms with Crippen molar-refractivity contribution in [3.05, 3.63) is 47.6 Å². The molecule has 2 heteroatoms. The summed E-state index contributed by atoms with van der Waals surface area (Å²) in [6, 6.07) is 7.77. The van der Waals surface area contributed by atoms with Crippen LogP contribution in [-0.2, 0) is 4.79 Å². The molecule has 1 aliphatic rings. The molecule has 0 N–H and O–H groups in total. The minimum Gasteiger partial charge on any atom is -0.494 e. The van der Waals surface area contributed by atoms with E-state index in [9.17, 15) is 4.79 Å². The van der Waals surface area contributed by atoms with Gasteiger partial charge in [0.2, 0.25) is 0 Å². The van der Waals surface area contributed by atoms with Gasteiger partial charge in [-0.05, 0) is 49.1 Å². The predicted octanol–water partition coefficient (Wildman–Crippen LogP) is 3.39. The lowest BCUT2D eigenvalue weighted by Crippen LogP contribution is -1.94. The summed E-state index contributed by atoms with van der Waals surface area (Å²) < 4.78 is 5.37. The SMILES string of the molecule is C=C1CC/C(=C\c2ccc(OCC)cc2)C1=O. The number of Topliss-reactive ketones (excluding diaryl/α,β-unsaturated/α-hetero) is 1. The van der Waals surface area contributed by atoms with Crippen LogP contribution < -0.4 is 4.74 Å². The van der Waals surface area contributed by atoms with E-state index in [0.717, 1.165) is 35.3 Å². The Bertz CT molecular complexity index is 466. The van der Waals surface area contributed by atoms with E-state index in [1.54, 1.807) is 0 Å². The van der Waals surface area contributed by atoms with Crippen LogP contribution in [0.1, 0.15) is 25.3 Å². The maximum atomic E-state index is 11.7. The fourth-order valence-electron chi connectivity index (χ4n) is 1.91. The largest absolute Gasteiger partial charge is 0.494 e. The van der Waals surface area contributed by atoms with Crippen LogP contribution >= 0.6 is 0 Å². The highest BCUT2D eigenvalue weighted by atomic mass is 16.5. The maximum absolute atomic E-state index is 11.7. The Morgan fingerprint density at radius 3 is 2.53 bits per heavy atom. The van der Waals surface area contributed by atoms with Gasteiger partial charge in [-0.15, -0.1) is 0 Å². The third-order valence-electron chi connectivity index (χ3n) is 2.84. The topological polar surface area (TPSA) is 26.3 Å². The van der Waals surface area contributed by atoms with Crippen molar-refractivity contribution >= 4 is 11.9 Å². The van der Waals surface area contributed by atoms with Crippen LogP contribution in [0.5, 0.6) is 5.75 Å². The zero-order valence-corrected chi connectivity index (χ0v) is 10.0. The lowest BCUT2D eigenvalue weighted by molar-refractivity contribution is -0.111. The average Bonchev–Trinajstić information content (AvgIpc) is 2.64. The van der Waals surface area contributed by atoms with Gasteiger partial charge < -0.3 is 4.74 Å². The van der Waals surface area contributed by atoms with Gasteiger partial charge >= 0.3 is 0 Å². The van der Waals surface area contributed by atoms with E-state index < -0.39 is 0 Å². The number of rotatable bonds is 3. The van der Waals surface area contributed by atoms with Crippen molar-refractivity contribution in [2.45, 2.75) is 19.8 Å². The van der Waals surface area contributed by atoms with Gasteiger partial charge in [0, 0.05) is 5.57 Å². The Hall–Kier alpha value is -1.83. The summed E-state index contributed by atoms with van der Waals surface area (Å²) >= 11 is 0. The Balaban J connectivity index is 2.16. The van der Waals surface area contributed by atoms with Gasteiger partial charge in [0.1, 0.15) is 5.75 Å². The highest BCUT2D eigenvalue weighted by Crippen LogP contribution is 2.26. The number of ether oxygens (including phenoxy) is 1. The van der Waals surface area contributed by atoms with Gasteiger partial charge in [-0.2, -0.15) is 0 Å². The molecule has 0 amide bonds. The number of benzene rings is 1. The van der Waals surface area contributed by atoms with Gasteiger partial charge in [-0.25, -0.2) is 0 Å². The molecule has 2 rings (SSSR count). The van der Waals surface area contributed by atoms with Crippen LogP contribution in [0, 0.1) is 0 Å². The van der Waals surface area contributed by atoms with Crippen LogP contribution in [-0.4, -0.2) is 12.4 Å². The molecule has 0 spiro atoms. The fourth-order valence-corrected chi connectivity index (χ4v) is 1.91. The second-order valence-corrected chi connectivity index (χ2v) is 4.10. The minimum atomic E-state index is 0.110. The summed E-state index contributed by atoms with van der Waals surface area (Å²) in [5.41, 5.74) is 2.62. The first-order valence-electron chi connectivity index (χ1n) is 5.86. The molecule has 0 radical (unpaired) electrons. The van der Waals surface area contributed by atoms with Crippen molar-refractivity contribution in [1.82, 2.24) is 0 Å². The van der Waals surface area contributed by atoms with Gasteiger partial charge in [0.15, 0.2) is 5.78 Å². The first kappa shape index (κ1) is 11.6. The molecule has 1 fully saturated rings. The lowest BCUT2D eigenvalue weighted by Gasteiger charge is -2.02. The van der Waals surface area contributed by atoms with Gasteiger partial charge in [-0.3, -0.25) is 4.79 Å². The Morgan fingerprint density at radius 2 is 2.00 bits per heavy atom. The van der Waals surface area contributed by atoms with E-state index in [0.29, 0.717) is 6.61 Å². The van der Waals surface area contributed by atoms with Crippen LogP contribution in [0.2, 0.25) is 0 Å². The highest BCUT2D eigenvalue weighted by Gasteiger charge is 2.20. The Morgan fingerprint density at radius 1 is 1.29 bits per heavy atom. The molecule has 1 aromatic rings. The third kappa shape index (κ3) is 2.64. The molecule has 1 aliphatic carbocycles. The van der Waals surface area contributed by atoms with Crippen molar-refractivity contribution < 1.29 is 9.53 Å².